The van der Waals surface area contributed by atoms with Crippen LogP contribution >= 0.6 is 0 Å². The third-order valence-corrected chi connectivity index (χ3v) is 3.13. The minimum absolute atomic E-state index is 0.0910. The van der Waals surface area contributed by atoms with E-state index in [0.29, 0.717) is 0 Å². The lowest BCUT2D eigenvalue weighted by Gasteiger charge is -2.19. The van der Waals surface area contributed by atoms with Crippen LogP contribution in [0.4, 0.5) is 5.69 Å². The third kappa shape index (κ3) is 1.62. The van der Waals surface area contributed by atoms with E-state index < -0.39 is 5.97 Å². The molecule has 1 aliphatic heterocycles. The molecule has 1 aromatic carbocycles. The second kappa shape index (κ2) is 3.73. The van der Waals surface area contributed by atoms with Crippen LogP contribution in [0.1, 0.15) is 22.5 Å². The number of carboxylic acid groups (broad SMARTS) is 1. The van der Waals surface area contributed by atoms with Crippen LogP contribution in [-0.2, 0) is 6.42 Å². The molecule has 1 aromatic heterocycles. The molecule has 0 saturated carbocycles. The number of aryl methyl sites for hydroxylation is 1. The first-order valence-electron chi connectivity index (χ1n) is 5.64. The Bertz CT molecular complexity index is 608. The van der Waals surface area contributed by atoms with E-state index in [0.717, 1.165) is 35.8 Å². The van der Waals surface area contributed by atoms with Crippen molar-refractivity contribution in [2.45, 2.75) is 12.8 Å². The maximum Gasteiger partial charge on any atom is 0.354 e. The molecule has 0 aliphatic carbocycles. The normalized spacial score (nSPS) is 14.1. The number of benzene rings is 1. The van der Waals surface area contributed by atoms with Crippen molar-refractivity contribution >= 4 is 22.4 Å². The van der Waals surface area contributed by atoms with Gasteiger partial charge in [-0.25, -0.2) is 9.78 Å². The maximum atomic E-state index is 10.9. The Morgan fingerprint density at radius 3 is 3.12 bits per heavy atom. The van der Waals surface area contributed by atoms with Gasteiger partial charge in [0, 0.05) is 23.8 Å². The van der Waals surface area contributed by atoms with E-state index in [2.05, 4.69) is 16.4 Å². The van der Waals surface area contributed by atoms with Gasteiger partial charge in [-0.15, -0.1) is 0 Å². The number of aromatic nitrogens is 1. The number of carboxylic acids is 1. The summed E-state index contributed by atoms with van der Waals surface area (Å²) in [6, 6.07) is 5.65. The van der Waals surface area contributed by atoms with Gasteiger partial charge in [0.05, 0.1) is 0 Å². The first kappa shape index (κ1) is 10.1. The fourth-order valence-electron chi connectivity index (χ4n) is 2.29. The molecule has 0 atom stereocenters. The number of anilines is 1. The SMILES string of the molecule is O=C(O)c1cc2ccc3c(c2cn1)NCCC3. The average Bonchev–Trinajstić information content (AvgIpc) is 2.38. The molecule has 0 amide bonds. The van der Waals surface area contributed by atoms with Crippen LogP contribution < -0.4 is 5.32 Å². The molecule has 86 valence electrons. The zero-order chi connectivity index (χ0) is 11.8. The summed E-state index contributed by atoms with van der Waals surface area (Å²) in [7, 11) is 0. The number of nitrogens with one attached hydrogen (secondary N) is 1. The summed E-state index contributed by atoms with van der Waals surface area (Å²) >= 11 is 0. The number of rotatable bonds is 1. The fourth-order valence-corrected chi connectivity index (χ4v) is 2.29. The average molecular weight is 228 g/mol. The van der Waals surface area contributed by atoms with E-state index in [9.17, 15) is 4.79 Å². The van der Waals surface area contributed by atoms with Crippen molar-refractivity contribution in [1.29, 1.82) is 0 Å². The number of carbonyl (C=O) groups is 1. The zero-order valence-corrected chi connectivity index (χ0v) is 9.23. The lowest BCUT2D eigenvalue weighted by atomic mass is 9.98. The van der Waals surface area contributed by atoms with Crippen LogP contribution in [0.5, 0.6) is 0 Å². The molecule has 0 spiro atoms. The van der Waals surface area contributed by atoms with Gasteiger partial charge in [-0.05, 0) is 29.9 Å². The molecule has 0 bridgehead atoms. The van der Waals surface area contributed by atoms with Crippen LogP contribution in [0.15, 0.2) is 24.4 Å². The first-order valence-corrected chi connectivity index (χ1v) is 5.64. The quantitative estimate of drug-likeness (QED) is 0.786. The predicted octanol–water partition coefficient (Wildman–Crippen LogP) is 2.29. The van der Waals surface area contributed by atoms with Gasteiger partial charge < -0.3 is 10.4 Å². The summed E-state index contributed by atoms with van der Waals surface area (Å²) < 4.78 is 0. The highest BCUT2D eigenvalue weighted by atomic mass is 16.4. The number of nitrogens with zero attached hydrogens (tertiary/aromatic N) is 1. The van der Waals surface area contributed by atoms with Crippen molar-refractivity contribution < 1.29 is 9.90 Å². The summed E-state index contributed by atoms with van der Waals surface area (Å²) in [6.45, 7) is 0.965. The Kier molecular flexibility index (Phi) is 2.21. The van der Waals surface area contributed by atoms with Crippen LogP contribution in [0, 0.1) is 0 Å². The molecule has 0 fully saturated rings. The maximum absolute atomic E-state index is 10.9. The van der Waals surface area contributed by atoms with E-state index >= 15 is 0 Å². The first-order chi connectivity index (χ1) is 8.25. The number of hydrogen-bond acceptors (Lipinski definition) is 3. The second-order valence-electron chi connectivity index (χ2n) is 4.23. The van der Waals surface area contributed by atoms with Crippen molar-refractivity contribution in [2.24, 2.45) is 0 Å². The van der Waals surface area contributed by atoms with Crippen LogP contribution in [0.2, 0.25) is 0 Å². The molecule has 2 heterocycles. The molecule has 2 aromatic rings. The lowest BCUT2D eigenvalue weighted by Crippen LogP contribution is -2.12. The van der Waals surface area contributed by atoms with Gasteiger partial charge in [0.25, 0.3) is 0 Å². The van der Waals surface area contributed by atoms with Crippen LogP contribution in [0.25, 0.3) is 10.8 Å². The molecular formula is C13H12N2O2. The van der Waals surface area contributed by atoms with Gasteiger partial charge in [0.1, 0.15) is 5.69 Å². The molecule has 2 N–H and O–H groups in total. The topological polar surface area (TPSA) is 62.2 Å². The highest BCUT2D eigenvalue weighted by Crippen LogP contribution is 2.30. The molecule has 0 saturated heterocycles. The van der Waals surface area contributed by atoms with E-state index in [-0.39, 0.29) is 5.69 Å². The summed E-state index contributed by atoms with van der Waals surface area (Å²) in [5.41, 5.74) is 2.49. The predicted molar refractivity (Wildman–Crippen MR) is 65.5 cm³/mol. The number of hydrogen-bond donors (Lipinski definition) is 2. The molecule has 3 rings (SSSR count). The molecule has 17 heavy (non-hydrogen) atoms. The van der Waals surface area contributed by atoms with Gasteiger partial charge >= 0.3 is 5.97 Å². The monoisotopic (exact) mass is 228 g/mol. The van der Waals surface area contributed by atoms with E-state index in [4.69, 9.17) is 5.11 Å². The van der Waals surface area contributed by atoms with E-state index in [1.54, 1.807) is 12.3 Å². The van der Waals surface area contributed by atoms with Crippen LogP contribution in [-0.4, -0.2) is 22.6 Å². The zero-order valence-electron chi connectivity index (χ0n) is 9.23. The standard InChI is InChI=1S/C13H12N2O2/c16-13(17)11-6-9-4-3-8-2-1-5-14-12(8)10(9)7-15-11/h3-4,6-7,14H,1-2,5H2,(H,16,17). The Morgan fingerprint density at radius 1 is 1.41 bits per heavy atom. The van der Waals surface area contributed by atoms with Gasteiger partial charge in [-0.1, -0.05) is 12.1 Å². The number of fused-ring (bicyclic) bond motifs is 3. The van der Waals surface area contributed by atoms with Gasteiger partial charge in [-0.2, -0.15) is 0 Å². The summed E-state index contributed by atoms with van der Waals surface area (Å²) in [4.78, 5) is 14.8. The lowest BCUT2D eigenvalue weighted by molar-refractivity contribution is 0.0690. The molecular weight excluding hydrogens is 216 g/mol. The highest BCUT2D eigenvalue weighted by molar-refractivity contribution is 5.98. The van der Waals surface area contributed by atoms with Crippen molar-refractivity contribution in [3.05, 3.63) is 35.7 Å². The molecule has 0 radical (unpaired) electrons. The van der Waals surface area contributed by atoms with Gasteiger partial charge in [0.15, 0.2) is 0 Å². The number of pyridine rings is 1. The van der Waals surface area contributed by atoms with Gasteiger partial charge in [0.2, 0.25) is 0 Å². The molecule has 1 aliphatic rings. The van der Waals surface area contributed by atoms with E-state index in [1.165, 1.54) is 5.56 Å². The summed E-state index contributed by atoms with van der Waals surface area (Å²) in [5, 5.41) is 14.2. The van der Waals surface area contributed by atoms with Gasteiger partial charge in [-0.3, -0.25) is 0 Å². The van der Waals surface area contributed by atoms with Crippen molar-refractivity contribution in [1.82, 2.24) is 4.98 Å². The molecule has 0 unspecified atom stereocenters. The smallest absolute Gasteiger partial charge is 0.354 e. The summed E-state index contributed by atoms with van der Waals surface area (Å²) in [5.74, 6) is -0.988. The Morgan fingerprint density at radius 2 is 2.29 bits per heavy atom. The van der Waals surface area contributed by atoms with Crippen LogP contribution in [0.3, 0.4) is 0 Å². The van der Waals surface area contributed by atoms with Crippen molar-refractivity contribution in [3.8, 4) is 0 Å². The fraction of sp³-hybridized carbons (Fsp3) is 0.231. The third-order valence-electron chi connectivity index (χ3n) is 3.13. The van der Waals surface area contributed by atoms with Crippen molar-refractivity contribution in [3.63, 3.8) is 0 Å². The number of aromatic carboxylic acids is 1. The second-order valence-corrected chi connectivity index (χ2v) is 4.23. The van der Waals surface area contributed by atoms with E-state index in [1.807, 2.05) is 6.07 Å². The Balaban J connectivity index is 2.24. The Labute approximate surface area is 98.3 Å². The molecule has 4 nitrogen and oxygen atoms in total. The largest absolute Gasteiger partial charge is 0.477 e. The summed E-state index contributed by atoms with van der Waals surface area (Å²) in [6.07, 6.45) is 3.86. The molecule has 4 heteroatoms. The minimum atomic E-state index is -0.988. The minimum Gasteiger partial charge on any atom is -0.477 e. The van der Waals surface area contributed by atoms with Crippen molar-refractivity contribution in [2.75, 3.05) is 11.9 Å². The highest BCUT2D eigenvalue weighted by Gasteiger charge is 2.13. The Hall–Kier alpha value is -2.10.